The summed E-state index contributed by atoms with van der Waals surface area (Å²) in [6, 6.07) is 31.3. The molecule has 4 aromatic rings. The van der Waals surface area contributed by atoms with Crippen molar-refractivity contribution in [3.63, 3.8) is 0 Å². The fraction of sp³-hybridized carbons (Fsp3) is 0.212. The van der Waals surface area contributed by atoms with Crippen molar-refractivity contribution in [2.75, 3.05) is 11.1 Å². The molecule has 1 aliphatic heterocycles. The third-order valence-corrected chi connectivity index (χ3v) is 8.03. The zero-order chi connectivity index (χ0) is 29.3. The van der Waals surface area contributed by atoms with E-state index in [1.165, 1.54) is 0 Å². The number of anilines is 1. The first kappa shape index (κ1) is 29.3. The van der Waals surface area contributed by atoms with Crippen molar-refractivity contribution in [1.82, 2.24) is 5.32 Å². The number of hydrogen-bond donors (Lipinski definition) is 4. The van der Waals surface area contributed by atoms with Crippen LogP contribution in [-0.4, -0.2) is 34.1 Å². The second-order valence-electron chi connectivity index (χ2n) is 9.91. The van der Waals surface area contributed by atoms with E-state index in [1.54, 1.807) is 36.0 Å². The molecule has 0 aliphatic carbocycles. The second kappa shape index (κ2) is 14.2. The van der Waals surface area contributed by atoms with Crippen LogP contribution in [-0.2, 0) is 22.6 Å². The summed E-state index contributed by atoms with van der Waals surface area (Å²) in [5.74, 6) is -0.301. The standard InChI is InChI=1S/C33H32N2O6S/c36-20-23-6-8-24(9-7-23)30-18-28(21-42-29-16-12-25(13-17-29)31(37)38)40-32(41-30)26-10-14-27(15-11-26)35-33(39)34-19-22-4-2-1-3-5-22/h1-17,28,30,32,36H,18-21H2,(H,37,38)(H2,34,35,39). The minimum Gasteiger partial charge on any atom is -0.478 e. The van der Waals surface area contributed by atoms with Crippen LogP contribution in [0.2, 0.25) is 0 Å². The molecule has 0 saturated carbocycles. The Hall–Kier alpha value is -4.15. The summed E-state index contributed by atoms with van der Waals surface area (Å²) in [5.41, 5.74) is 4.56. The summed E-state index contributed by atoms with van der Waals surface area (Å²) in [4.78, 5) is 24.5. The van der Waals surface area contributed by atoms with Crippen LogP contribution >= 0.6 is 11.8 Å². The molecule has 9 heteroatoms. The van der Waals surface area contributed by atoms with Crippen molar-refractivity contribution in [2.45, 2.75) is 43.0 Å². The largest absolute Gasteiger partial charge is 0.478 e. The Bertz CT molecular complexity index is 1460. The smallest absolute Gasteiger partial charge is 0.335 e. The molecule has 0 spiro atoms. The molecule has 2 amide bonds. The molecular formula is C33H32N2O6S. The van der Waals surface area contributed by atoms with Gasteiger partial charge in [0.25, 0.3) is 0 Å². The molecule has 0 radical (unpaired) electrons. The lowest BCUT2D eigenvalue weighted by Gasteiger charge is -2.36. The van der Waals surface area contributed by atoms with Gasteiger partial charge in [0.1, 0.15) is 0 Å². The van der Waals surface area contributed by atoms with Crippen molar-refractivity contribution in [2.24, 2.45) is 0 Å². The number of aliphatic hydroxyl groups is 1. The molecule has 1 saturated heterocycles. The van der Waals surface area contributed by atoms with E-state index in [1.807, 2.05) is 78.9 Å². The van der Waals surface area contributed by atoms with Crippen molar-refractivity contribution >= 4 is 29.4 Å². The van der Waals surface area contributed by atoms with E-state index < -0.39 is 12.3 Å². The van der Waals surface area contributed by atoms with Crippen molar-refractivity contribution < 1.29 is 29.3 Å². The number of ether oxygens (including phenoxy) is 2. The Labute approximate surface area is 248 Å². The lowest BCUT2D eigenvalue weighted by molar-refractivity contribution is -0.245. The predicted octanol–water partition coefficient (Wildman–Crippen LogP) is 6.54. The van der Waals surface area contributed by atoms with E-state index in [0.717, 1.165) is 27.1 Å². The quantitative estimate of drug-likeness (QED) is 0.157. The van der Waals surface area contributed by atoms with Crippen LogP contribution in [0.1, 0.15) is 51.4 Å². The van der Waals surface area contributed by atoms with E-state index in [4.69, 9.17) is 14.6 Å². The van der Waals surface area contributed by atoms with Crippen molar-refractivity contribution in [3.8, 4) is 0 Å². The van der Waals surface area contributed by atoms with Gasteiger partial charge in [-0.15, -0.1) is 11.8 Å². The van der Waals surface area contributed by atoms with Gasteiger partial charge in [0.15, 0.2) is 6.29 Å². The van der Waals surface area contributed by atoms with Crippen LogP contribution in [0.4, 0.5) is 10.5 Å². The predicted molar refractivity (Wildman–Crippen MR) is 161 cm³/mol. The van der Waals surface area contributed by atoms with Gasteiger partial charge < -0.3 is 30.3 Å². The molecule has 42 heavy (non-hydrogen) atoms. The number of carbonyl (C=O) groups excluding carboxylic acids is 1. The fourth-order valence-corrected chi connectivity index (χ4v) is 5.50. The third-order valence-electron chi connectivity index (χ3n) is 6.89. The zero-order valence-electron chi connectivity index (χ0n) is 22.8. The molecular weight excluding hydrogens is 552 g/mol. The van der Waals surface area contributed by atoms with E-state index in [2.05, 4.69) is 10.6 Å². The van der Waals surface area contributed by atoms with Gasteiger partial charge in [-0.1, -0.05) is 66.7 Å². The Morgan fingerprint density at radius 2 is 1.50 bits per heavy atom. The van der Waals surface area contributed by atoms with Gasteiger partial charge in [0, 0.05) is 34.9 Å². The van der Waals surface area contributed by atoms with Gasteiger partial charge >= 0.3 is 12.0 Å². The van der Waals surface area contributed by atoms with Crippen molar-refractivity contribution in [1.29, 1.82) is 0 Å². The second-order valence-corrected chi connectivity index (χ2v) is 11.0. The summed E-state index contributed by atoms with van der Waals surface area (Å²) < 4.78 is 12.8. The first-order chi connectivity index (χ1) is 20.5. The number of carbonyl (C=O) groups is 2. The Kier molecular flexibility index (Phi) is 9.89. The summed E-state index contributed by atoms with van der Waals surface area (Å²) in [7, 11) is 0. The maximum absolute atomic E-state index is 12.4. The molecule has 3 atom stereocenters. The Morgan fingerprint density at radius 1 is 0.810 bits per heavy atom. The lowest BCUT2D eigenvalue weighted by Crippen LogP contribution is -2.31. The highest BCUT2D eigenvalue weighted by atomic mass is 32.2. The number of urea groups is 1. The molecule has 3 unspecified atom stereocenters. The molecule has 8 nitrogen and oxygen atoms in total. The number of carboxylic acid groups (broad SMARTS) is 1. The van der Waals surface area contributed by atoms with Crippen LogP contribution in [0.5, 0.6) is 0 Å². The van der Waals surface area contributed by atoms with Crippen LogP contribution in [0.3, 0.4) is 0 Å². The number of aliphatic hydroxyl groups excluding tert-OH is 1. The van der Waals surface area contributed by atoms with Gasteiger partial charge in [0.2, 0.25) is 0 Å². The van der Waals surface area contributed by atoms with Gasteiger partial charge in [-0.05, 0) is 53.1 Å². The average molecular weight is 585 g/mol. The number of hydrogen-bond acceptors (Lipinski definition) is 6. The number of aromatic carboxylic acids is 1. The highest BCUT2D eigenvalue weighted by molar-refractivity contribution is 7.99. The lowest BCUT2D eigenvalue weighted by atomic mass is 10.0. The average Bonchev–Trinajstić information content (AvgIpc) is 3.04. The van der Waals surface area contributed by atoms with Gasteiger partial charge in [0.05, 0.1) is 24.4 Å². The number of thioether (sulfide) groups is 1. The minimum atomic E-state index is -0.953. The molecule has 0 aromatic heterocycles. The number of nitrogens with one attached hydrogen (secondary N) is 2. The van der Waals surface area contributed by atoms with Crippen LogP contribution in [0.15, 0.2) is 108 Å². The SMILES string of the molecule is O=C(NCc1ccccc1)Nc1ccc(C2OC(CSc3ccc(C(=O)O)cc3)CC(c3ccc(CO)cc3)O2)cc1. The zero-order valence-corrected chi connectivity index (χ0v) is 23.6. The normalized spacial score (nSPS) is 18.3. The first-order valence-corrected chi connectivity index (χ1v) is 14.6. The Morgan fingerprint density at radius 3 is 2.17 bits per heavy atom. The third kappa shape index (κ3) is 7.98. The van der Waals surface area contributed by atoms with E-state index in [-0.39, 0.29) is 30.4 Å². The van der Waals surface area contributed by atoms with E-state index in [9.17, 15) is 14.7 Å². The summed E-state index contributed by atoms with van der Waals surface area (Å²) in [6.07, 6.45) is -0.353. The molecule has 1 heterocycles. The molecule has 4 N–H and O–H groups in total. The number of carboxylic acids is 1. The van der Waals surface area contributed by atoms with E-state index in [0.29, 0.717) is 24.4 Å². The van der Waals surface area contributed by atoms with Gasteiger partial charge in [-0.25, -0.2) is 9.59 Å². The van der Waals surface area contributed by atoms with Crippen LogP contribution in [0, 0.1) is 0 Å². The van der Waals surface area contributed by atoms with Crippen LogP contribution < -0.4 is 10.6 Å². The molecule has 216 valence electrons. The first-order valence-electron chi connectivity index (χ1n) is 13.6. The number of benzene rings is 4. The maximum atomic E-state index is 12.4. The maximum Gasteiger partial charge on any atom is 0.335 e. The van der Waals surface area contributed by atoms with Gasteiger partial charge in [-0.2, -0.15) is 0 Å². The molecule has 1 fully saturated rings. The molecule has 0 bridgehead atoms. The highest BCUT2D eigenvalue weighted by Gasteiger charge is 2.32. The summed E-state index contributed by atoms with van der Waals surface area (Å²) in [6.45, 7) is 0.403. The number of amides is 2. The fourth-order valence-electron chi connectivity index (χ4n) is 4.58. The molecule has 5 rings (SSSR count). The topological polar surface area (TPSA) is 117 Å². The van der Waals surface area contributed by atoms with Crippen molar-refractivity contribution in [3.05, 3.63) is 131 Å². The highest BCUT2D eigenvalue weighted by Crippen LogP contribution is 2.39. The molecule has 4 aromatic carbocycles. The summed E-state index contributed by atoms with van der Waals surface area (Å²) in [5, 5.41) is 24.3. The summed E-state index contributed by atoms with van der Waals surface area (Å²) >= 11 is 1.60. The monoisotopic (exact) mass is 584 g/mol. The van der Waals surface area contributed by atoms with E-state index >= 15 is 0 Å². The minimum absolute atomic E-state index is 0.0257. The van der Waals surface area contributed by atoms with Crippen LogP contribution in [0.25, 0.3) is 0 Å². The molecule has 1 aliphatic rings. The van der Waals surface area contributed by atoms with Gasteiger partial charge in [-0.3, -0.25) is 0 Å². The Balaban J connectivity index is 1.25. The number of rotatable bonds is 10.